The van der Waals surface area contributed by atoms with Crippen molar-refractivity contribution in [1.82, 2.24) is 14.5 Å². The molecule has 0 fully saturated rings. The summed E-state index contributed by atoms with van der Waals surface area (Å²) in [6, 6.07) is 21.4. The zero-order chi connectivity index (χ0) is 24.9. The molecule has 0 bridgehead atoms. The Bertz CT molecular complexity index is 1320. The number of hydrogen-bond donors (Lipinski definition) is 0. The summed E-state index contributed by atoms with van der Waals surface area (Å²) < 4.78 is 27.0. The minimum atomic E-state index is -0.237. The van der Waals surface area contributed by atoms with E-state index in [1.807, 2.05) is 12.3 Å². The monoisotopic (exact) mass is 485 g/mol. The summed E-state index contributed by atoms with van der Waals surface area (Å²) in [7, 11) is 0. The summed E-state index contributed by atoms with van der Waals surface area (Å²) >= 11 is 0. The Balaban J connectivity index is 1.45. The molecule has 36 heavy (non-hydrogen) atoms. The van der Waals surface area contributed by atoms with E-state index in [0.717, 1.165) is 67.6 Å². The zero-order valence-corrected chi connectivity index (χ0v) is 20.9. The molecular formula is C30H32FN3O2. The Morgan fingerprint density at radius 1 is 0.917 bits per heavy atom. The van der Waals surface area contributed by atoms with Crippen LogP contribution in [0.3, 0.4) is 0 Å². The first-order chi connectivity index (χ1) is 17.6. The first-order valence-electron chi connectivity index (χ1n) is 12.6. The van der Waals surface area contributed by atoms with Crippen molar-refractivity contribution < 1.29 is 13.9 Å². The Morgan fingerprint density at radius 3 is 2.47 bits per heavy atom. The summed E-state index contributed by atoms with van der Waals surface area (Å²) in [5, 5.41) is 0. The van der Waals surface area contributed by atoms with Gasteiger partial charge in [-0.15, -0.1) is 0 Å². The van der Waals surface area contributed by atoms with Crippen molar-refractivity contribution >= 4 is 0 Å². The zero-order valence-electron chi connectivity index (χ0n) is 20.9. The van der Waals surface area contributed by atoms with Crippen LogP contribution >= 0.6 is 0 Å². The number of aryl methyl sites for hydroxylation is 1. The van der Waals surface area contributed by atoms with Gasteiger partial charge in [0.05, 0.1) is 11.9 Å². The van der Waals surface area contributed by atoms with E-state index >= 15 is 0 Å². The maximum atomic E-state index is 13.6. The molecule has 3 aromatic carbocycles. The van der Waals surface area contributed by atoms with E-state index in [-0.39, 0.29) is 12.6 Å². The second kappa shape index (κ2) is 11.0. The average molecular weight is 486 g/mol. The van der Waals surface area contributed by atoms with Gasteiger partial charge in [-0.25, -0.2) is 9.37 Å². The van der Waals surface area contributed by atoms with E-state index in [0.29, 0.717) is 0 Å². The Kier molecular flexibility index (Phi) is 7.33. The van der Waals surface area contributed by atoms with Gasteiger partial charge in [-0.3, -0.25) is 4.90 Å². The SMILES string of the molecule is CCCCn1c(CN(Cc2cccc(C)c2)Cc2ccc3c(c2)OCO3)cnc1-c1ccc(F)cc1. The Labute approximate surface area is 212 Å². The van der Waals surface area contributed by atoms with E-state index in [4.69, 9.17) is 14.5 Å². The number of nitrogens with zero attached hydrogens (tertiary/aromatic N) is 3. The largest absolute Gasteiger partial charge is 0.454 e. The third-order valence-corrected chi connectivity index (χ3v) is 6.49. The van der Waals surface area contributed by atoms with Crippen molar-refractivity contribution in [2.75, 3.05) is 6.79 Å². The Hall–Kier alpha value is -3.64. The standard InChI is InChI=1S/C30H32FN3O2/c1-3-4-14-34-27(17-32-30(34)25-9-11-26(31)12-10-25)20-33(18-23-7-5-6-22(2)15-23)19-24-8-13-28-29(16-24)36-21-35-28/h5-13,15-17H,3-4,14,18-21H2,1-2H3. The van der Waals surface area contributed by atoms with Gasteiger partial charge < -0.3 is 14.0 Å². The van der Waals surface area contributed by atoms with Crippen molar-refractivity contribution in [2.45, 2.75) is 52.9 Å². The van der Waals surface area contributed by atoms with Crippen LogP contribution in [0, 0.1) is 12.7 Å². The molecule has 0 saturated carbocycles. The summed E-state index contributed by atoms with van der Waals surface area (Å²) in [6.45, 7) is 7.77. The minimum absolute atomic E-state index is 0.237. The van der Waals surface area contributed by atoms with Gasteiger partial charge in [-0.05, 0) is 60.9 Å². The highest BCUT2D eigenvalue weighted by Crippen LogP contribution is 2.33. The van der Waals surface area contributed by atoms with Gasteiger partial charge in [0.2, 0.25) is 6.79 Å². The normalized spacial score (nSPS) is 12.4. The van der Waals surface area contributed by atoms with Crippen molar-refractivity contribution in [2.24, 2.45) is 0 Å². The van der Waals surface area contributed by atoms with Crippen molar-refractivity contribution in [1.29, 1.82) is 0 Å². The molecule has 4 aromatic rings. The molecule has 186 valence electrons. The van der Waals surface area contributed by atoms with Crippen LogP contribution < -0.4 is 9.47 Å². The lowest BCUT2D eigenvalue weighted by Crippen LogP contribution is -2.24. The van der Waals surface area contributed by atoms with E-state index in [2.05, 4.69) is 59.7 Å². The number of halogens is 1. The summed E-state index contributed by atoms with van der Waals surface area (Å²) in [4.78, 5) is 7.21. The molecule has 0 unspecified atom stereocenters. The molecule has 0 aliphatic carbocycles. The molecule has 0 radical (unpaired) electrons. The smallest absolute Gasteiger partial charge is 0.231 e. The lowest BCUT2D eigenvalue weighted by Gasteiger charge is -2.24. The topological polar surface area (TPSA) is 39.5 Å². The number of unbranched alkanes of at least 4 members (excludes halogenated alkanes) is 1. The van der Waals surface area contributed by atoms with Crippen LogP contribution in [0.25, 0.3) is 11.4 Å². The molecular weight excluding hydrogens is 453 g/mol. The number of imidazole rings is 1. The number of ether oxygens (including phenoxy) is 2. The fourth-order valence-corrected chi connectivity index (χ4v) is 4.70. The molecule has 0 N–H and O–H groups in total. The van der Waals surface area contributed by atoms with Crippen LogP contribution in [0.2, 0.25) is 0 Å². The maximum absolute atomic E-state index is 13.6. The van der Waals surface area contributed by atoms with Crippen molar-refractivity contribution in [3.8, 4) is 22.9 Å². The van der Waals surface area contributed by atoms with Gasteiger partial charge >= 0.3 is 0 Å². The van der Waals surface area contributed by atoms with Crippen LogP contribution in [0.4, 0.5) is 4.39 Å². The molecule has 1 aromatic heterocycles. The molecule has 2 heterocycles. The highest BCUT2D eigenvalue weighted by atomic mass is 19.1. The number of fused-ring (bicyclic) bond motifs is 1. The summed E-state index contributed by atoms with van der Waals surface area (Å²) in [5.74, 6) is 2.25. The summed E-state index contributed by atoms with van der Waals surface area (Å²) in [5.41, 5.74) is 5.78. The van der Waals surface area contributed by atoms with E-state index in [1.165, 1.54) is 28.8 Å². The number of aromatic nitrogens is 2. The van der Waals surface area contributed by atoms with E-state index in [9.17, 15) is 4.39 Å². The van der Waals surface area contributed by atoms with Crippen LogP contribution in [0.5, 0.6) is 11.5 Å². The molecule has 6 heteroatoms. The van der Waals surface area contributed by atoms with Gasteiger partial charge in [-0.2, -0.15) is 0 Å². The van der Waals surface area contributed by atoms with Gasteiger partial charge in [0, 0.05) is 31.7 Å². The molecule has 0 amide bonds. The quantitative estimate of drug-likeness (QED) is 0.250. The predicted octanol–water partition coefficient (Wildman–Crippen LogP) is 6.73. The van der Waals surface area contributed by atoms with Crippen LogP contribution in [0.15, 0.2) is 72.9 Å². The van der Waals surface area contributed by atoms with E-state index < -0.39 is 0 Å². The van der Waals surface area contributed by atoms with E-state index in [1.54, 1.807) is 12.1 Å². The fourth-order valence-electron chi connectivity index (χ4n) is 4.70. The molecule has 5 nitrogen and oxygen atoms in total. The third kappa shape index (κ3) is 5.60. The van der Waals surface area contributed by atoms with Crippen molar-refractivity contribution in [3.05, 3.63) is 101 Å². The first-order valence-corrected chi connectivity index (χ1v) is 12.6. The second-order valence-electron chi connectivity index (χ2n) is 9.41. The summed E-state index contributed by atoms with van der Waals surface area (Å²) in [6.07, 6.45) is 4.11. The average Bonchev–Trinajstić information content (AvgIpc) is 3.50. The highest BCUT2D eigenvalue weighted by Gasteiger charge is 2.18. The van der Waals surface area contributed by atoms with Gasteiger partial charge in [-0.1, -0.05) is 49.2 Å². The molecule has 0 spiro atoms. The van der Waals surface area contributed by atoms with Gasteiger partial charge in [0.15, 0.2) is 11.5 Å². The van der Waals surface area contributed by atoms with Gasteiger partial charge in [0.1, 0.15) is 11.6 Å². The molecule has 0 atom stereocenters. The molecule has 0 saturated heterocycles. The van der Waals surface area contributed by atoms with Crippen molar-refractivity contribution in [3.63, 3.8) is 0 Å². The number of hydrogen-bond acceptors (Lipinski definition) is 4. The lowest BCUT2D eigenvalue weighted by molar-refractivity contribution is 0.174. The predicted molar refractivity (Wildman–Crippen MR) is 139 cm³/mol. The minimum Gasteiger partial charge on any atom is -0.454 e. The molecule has 1 aliphatic heterocycles. The van der Waals surface area contributed by atoms with Crippen LogP contribution in [0.1, 0.15) is 42.1 Å². The van der Waals surface area contributed by atoms with Crippen LogP contribution in [-0.2, 0) is 26.2 Å². The lowest BCUT2D eigenvalue weighted by atomic mass is 10.1. The molecule has 5 rings (SSSR count). The van der Waals surface area contributed by atoms with Gasteiger partial charge in [0.25, 0.3) is 0 Å². The number of rotatable bonds is 10. The molecule has 1 aliphatic rings. The highest BCUT2D eigenvalue weighted by molar-refractivity contribution is 5.56. The Morgan fingerprint density at radius 2 is 1.69 bits per heavy atom. The second-order valence-corrected chi connectivity index (χ2v) is 9.41. The third-order valence-electron chi connectivity index (χ3n) is 6.49. The maximum Gasteiger partial charge on any atom is 0.231 e. The fraction of sp³-hybridized carbons (Fsp3) is 0.300. The van der Waals surface area contributed by atoms with Crippen LogP contribution in [-0.4, -0.2) is 21.2 Å². The first kappa shape index (κ1) is 24.1. The number of benzene rings is 3.